The molecule has 0 aliphatic heterocycles. The second kappa shape index (κ2) is 5.34. The topological polar surface area (TPSA) is 29.9 Å². The number of nitrogens with zero attached hydrogens (tertiary/aromatic N) is 2. The summed E-state index contributed by atoms with van der Waals surface area (Å²) in [6.07, 6.45) is 0. The highest BCUT2D eigenvalue weighted by molar-refractivity contribution is 5.82. The molecule has 0 aliphatic carbocycles. The molecule has 0 amide bonds. The minimum Gasteiger partial charge on any atom is -0.308 e. The third kappa shape index (κ3) is 2.34. The Balaban J connectivity index is 2.21. The molecule has 1 heterocycles. The number of rotatable bonds is 3. The van der Waals surface area contributed by atoms with E-state index < -0.39 is 0 Å². The van der Waals surface area contributed by atoms with Crippen LogP contribution in [0.15, 0.2) is 42.5 Å². The van der Waals surface area contributed by atoms with E-state index >= 15 is 0 Å². The van der Waals surface area contributed by atoms with Gasteiger partial charge in [-0.1, -0.05) is 42.0 Å². The molecular weight excluding hydrogens is 258 g/mol. The fraction of sp³-hybridized carbons (Fsp3) is 0.278. The zero-order valence-electron chi connectivity index (χ0n) is 13.0. The predicted molar refractivity (Wildman–Crippen MR) is 87.5 cm³/mol. The molecule has 21 heavy (non-hydrogen) atoms. The Kier molecular flexibility index (Phi) is 3.52. The van der Waals surface area contributed by atoms with Crippen LogP contribution in [0.4, 0.5) is 0 Å². The van der Waals surface area contributed by atoms with Crippen molar-refractivity contribution in [3.05, 3.63) is 64.8 Å². The van der Waals surface area contributed by atoms with Crippen LogP contribution in [0.25, 0.3) is 10.9 Å². The molecule has 3 nitrogen and oxygen atoms in total. The van der Waals surface area contributed by atoms with Gasteiger partial charge >= 0.3 is 0 Å². The maximum absolute atomic E-state index is 4.76. The highest BCUT2D eigenvalue weighted by Crippen LogP contribution is 2.30. The van der Waals surface area contributed by atoms with Crippen LogP contribution in [0.5, 0.6) is 0 Å². The number of aromatic nitrogens is 2. The smallest absolute Gasteiger partial charge is 0.0917 e. The van der Waals surface area contributed by atoms with Crippen LogP contribution in [0.3, 0.4) is 0 Å². The van der Waals surface area contributed by atoms with Gasteiger partial charge in [0.1, 0.15) is 0 Å². The van der Waals surface area contributed by atoms with Gasteiger partial charge in [-0.05, 0) is 38.1 Å². The lowest BCUT2D eigenvalue weighted by Crippen LogP contribution is -2.19. The molecule has 3 rings (SSSR count). The van der Waals surface area contributed by atoms with Crippen LogP contribution >= 0.6 is 0 Å². The van der Waals surface area contributed by atoms with Crippen LogP contribution in [0.1, 0.15) is 28.4 Å². The second-order valence-corrected chi connectivity index (χ2v) is 5.61. The maximum Gasteiger partial charge on any atom is 0.0917 e. The lowest BCUT2D eigenvalue weighted by Gasteiger charge is -2.18. The van der Waals surface area contributed by atoms with Gasteiger partial charge in [-0.25, -0.2) is 0 Å². The Labute approximate surface area is 125 Å². The number of para-hydroxylation sites is 1. The number of hydrogen-bond donors (Lipinski definition) is 1. The predicted octanol–water partition coefficient (Wildman–Crippen LogP) is 3.50. The van der Waals surface area contributed by atoms with Crippen molar-refractivity contribution in [2.75, 3.05) is 7.05 Å². The van der Waals surface area contributed by atoms with Crippen molar-refractivity contribution in [2.45, 2.75) is 19.9 Å². The molecule has 0 saturated carbocycles. The molecule has 0 bridgehead atoms. The molecule has 0 aliphatic rings. The van der Waals surface area contributed by atoms with E-state index in [0.29, 0.717) is 0 Å². The highest BCUT2D eigenvalue weighted by atomic mass is 15.3. The SMILES string of the molecule is CNC(c1cc(C)ccc1C)c1nn(C)c2ccccc12. The van der Waals surface area contributed by atoms with E-state index in [-0.39, 0.29) is 6.04 Å². The zero-order chi connectivity index (χ0) is 15.0. The first-order valence-electron chi connectivity index (χ1n) is 7.28. The van der Waals surface area contributed by atoms with Gasteiger partial charge in [-0.3, -0.25) is 4.68 Å². The van der Waals surface area contributed by atoms with Crippen molar-refractivity contribution in [3.8, 4) is 0 Å². The van der Waals surface area contributed by atoms with E-state index in [1.165, 1.54) is 22.1 Å². The minimum absolute atomic E-state index is 0.107. The molecule has 0 radical (unpaired) electrons. The molecule has 1 N–H and O–H groups in total. The summed E-state index contributed by atoms with van der Waals surface area (Å²) >= 11 is 0. The van der Waals surface area contributed by atoms with E-state index in [0.717, 1.165) is 11.2 Å². The highest BCUT2D eigenvalue weighted by Gasteiger charge is 2.20. The third-order valence-corrected chi connectivity index (χ3v) is 4.09. The van der Waals surface area contributed by atoms with Crippen molar-refractivity contribution < 1.29 is 0 Å². The minimum atomic E-state index is 0.107. The molecule has 0 spiro atoms. The molecule has 108 valence electrons. The molecule has 0 fully saturated rings. The average Bonchev–Trinajstić information content (AvgIpc) is 2.81. The average molecular weight is 279 g/mol. The van der Waals surface area contributed by atoms with E-state index in [2.05, 4.69) is 61.6 Å². The Bertz CT molecular complexity index is 786. The van der Waals surface area contributed by atoms with Crippen LogP contribution in [-0.2, 0) is 7.05 Å². The van der Waals surface area contributed by atoms with Gasteiger partial charge in [-0.2, -0.15) is 5.10 Å². The van der Waals surface area contributed by atoms with E-state index in [4.69, 9.17) is 5.10 Å². The molecule has 1 atom stereocenters. The van der Waals surface area contributed by atoms with Crippen LogP contribution in [-0.4, -0.2) is 16.8 Å². The van der Waals surface area contributed by atoms with Gasteiger partial charge in [-0.15, -0.1) is 0 Å². The summed E-state index contributed by atoms with van der Waals surface area (Å²) in [7, 11) is 4.00. The van der Waals surface area contributed by atoms with Gasteiger partial charge in [0.15, 0.2) is 0 Å². The fourth-order valence-electron chi connectivity index (χ4n) is 2.97. The van der Waals surface area contributed by atoms with E-state index in [1.54, 1.807) is 0 Å². The maximum atomic E-state index is 4.76. The Morgan fingerprint density at radius 2 is 1.86 bits per heavy atom. The fourth-order valence-corrected chi connectivity index (χ4v) is 2.97. The van der Waals surface area contributed by atoms with Crippen molar-refractivity contribution >= 4 is 10.9 Å². The van der Waals surface area contributed by atoms with Gasteiger partial charge in [0.25, 0.3) is 0 Å². The third-order valence-electron chi connectivity index (χ3n) is 4.09. The summed E-state index contributed by atoms with van der Waals surface area (Å²) in [5, 5.41) is 9.40. The molecule has 0 saturated heterocycles. The van der Waals surface area contributed by atoms with Crippen molar-refractivity contribution in [1.29, 1.82) is 0 Å². The normalized spacial score (nSPS) is 12.8. The summed E-state index contributed by atoms with van der Waals surface area (Å²) in [6, 6.07) is 15.1. The molecule has 1 aromatic heterocycles. The number of aryl methyl sites for hydroxylation is 3. The standard InChI is InChI=1S/C18H21N3/c1-12-9-10-13(2)15(11-12)17(19-3)18-14-7-5-6-8-16(14)21(4)20-18/h5-11,17,19H,1-4H3. The summed E-state index contributed by atoms with van der Waals surface area (Å²) < 4.78 is 1.96. The van der Waals surface area contributed by atoms with Gasteiger partial charge < -0.3 is 5.32 Å². The lowest BCUT2D eigenvalue weighted by atomic mass is 9.95. The Morgan fingerprint density at radius 1 is 1.10 bits per heavy atom. The quantitative estimate of drug-likeness (QED) is 0.795. The Morgan fingerprint density at radius 3 is 2.62 bits per heavy atom. The summed E-state index contributed by atoms with van der Waals surface area (Å²) in [5.41, 5.74) is 6.11. The van der Waals surface area contributed by atoms with E-state index in [1.807, 2.05) is 18.8 Å². The summed E-state index contributed by atoms with van der Waals surface area (Å²) in [5.74, 6) is 0. The second-order valence-electron chi connectivity index (χ2n) is 5.61. The number of fused-ring (bicyclic) bond motifs is 1. The van der Waals surface area contributed by atoms with Gasteiger partial charge in [0, 0.05) is 12.4 Å². The first kappa shape index (κ1) is 13.8. The van der Waals surface area contributed by atoms with Crippen LogP contribution in [0.2, 0.25) is 0 Å². The lowest BCUT2D eigenvalue weighted by molar-refractivity contribution is 0.645. The monoisotopic (exact) mass is 279 g/mol. The first-order valence-corrected chi connectivity index (χ1v) is 7.28. The first-order chi connectivity index (χ1) is 10.1. The zero-order valence-corrected chi connectivity index (χ0v) is 13.0. The van der Waals surface area contributed by atoms with Gasteiger partial charge in [0.2, 0.25) is 0 Å². The molecular formula is C18H21N3. The number of nitrogens with one attached hydrogen (secondary N) is 1. The van der Waals surface area contributed by atoms with E-state index in [9.17, 15) is 0 Å². The van der Waals surface area contributed by atoms with Crippen LogP contribution < -0.4 is 5.32 Å². The largest absolute Gasteiger partial charge is 0.308 e. The van der Waals surface area contributed by atoms with Gasteiger partial charge in [0.05, 0.1) is 17.3 Å². The number of hydrogen-bond acceptors (Lipinski definition) is 2. The van der Waals surface area contributed by atoms with Crippen molar-refractivity contribution in [3.63, 3.8) is 0 Å². The summed E-state index contributed by atoms with van der Waals surface area (Å²) in [6.45, 7) is 4.29. The molecule has 2 aromatic carbocycles. The molecule has 1 unspecified atom stereocenters. The number of benzene rings is 2. The Hall–Kier alpha value is -2.13. The summed E-state index contributed by atoms with van der Waals surface area (Å²) in [4.78, 5) is 0. The molecule has 3 aromatic rings. The van der Waals surface area contributed by atoms with Crippen LogP contribution in [0, 0.1) is 13.8 Å². The van der Waals surface area contributed by atoms with Crippen molar-refractivity contribution in [1.82, 2.24) is 15.1 Å². The van der Waals surface area contributed by atoms with Crippen molar-refractivity contribution in [2.24, 2.45) is 7.05 Å². The molecule has 3 heteroatoms.